The molecule has 4 heterocycles. The second-order valence-electron chi connectivity index (χ2n) is 7.91. The maximum atomic E-state index is 9.37. The molecule has 11 heteroatoms. The lowest BCUT2D eigenvalue weighted by atomic mass is 9.72. The van der Waals surface area contributed by atoms with Gasteiger partial charge in [0.05, 0.1) is 47.6 Å². The summed E-state index contributed by atoms with van der Waals surface area (Å²) in [7, 11) is 3.45. The molecule has 0 aliphatic heterocycles. The maximum absolute atomic E-state index is 9.37. The van der Waals surface area contributed by atoms with Gasteiger partial charge in [-0.25, -0.2) is 9.50 Å². The van der Waals surface area contributed by atoms with E-state index in [1.165, 1.54) is 0 Å². The van der Waals surface area contributed by atoms with Crippen molar-refractivity contribution >= 4 is 17.2 Å². The van der Waals surface area contributed by atoms with Crippen LogP contribution >= 0.6 is 0 Å². The molecule has 158 valence electrons. The molecular weight excluding hydrogens is 396 g/mol. The lowest BCUT2D eigenvalue weighted by molar-refractivity contribution is -0.0540. The van der Waals surface area contributed by atoms with Gasteiger partial charge in [0.1, 0.15) is 22.9 Å². The first-order valence-corrected chi connectivity index (χ1v) is 9.84. The summed E-state index contributed by atoms with van der Waals surface area (Å²) in [6, 6.07) is 5.90. The summed E-state index contributed by atoms with van der Waals surface area (Å²) in [6.07, 6.45) is 7.22. The smallest absolute Gasteiger partial charge is 0.155 e. The van der Waals surface area contributed by atoms with Crippen molar-refractivity contribution in [2.24, 2.45) is 7.05 Å². The topological polar surface area (TPSA) is 151 Å². The van der Waals surface area contributed by atoms with Crippen LogP contribution < -0.4 is 11.5 Å². The van der Waals surface area contributed by atoms with Gasteiger partial charge in [-0.15, -0.1) is 0 Å². The molecule has 4 N–H and O–H groups in total. The highest BCUT2D eigenvalue weighted by molar-refractivity contribution is 5.83. The molecule has 1 aliphatic carbocycles. The van der Waals surface area contributed by atoms with Gasteiger partial charge in [0, 0.05) is 26.4 Å². The van der Waals surface area contributed by atoms with Crippen molar-refractivity contribution in [3.05, 3.63) is 30.7 Å². The fourth-order valence-corrected chi connectivity index (χ4v) is 4.18. The van der Waals surface area contributed by atoms with E-state index in [1.54, 1.807) is 46.5 Å². The molecule has 0 unspecified atom stereocenters. The normalized spacial score (nSPS) is 20.6. The van der Waals surface area contributed by atoms with Crippen molar-refractivity contribution in [3.8, 4) is 28.7 Å². The number of nitrogens with zero attached hydrogens (tertiary/aromatic N) is 8. The van der Waals surface area contributed by atoms with E-state index < -0.39 is 5.54 Å². The summed E-state index contributed by atoms with van der Waals surface area (Å²) in [5, 5.41) is 22.7. The number of anilines is 2. The van der Waals surface area contributed by atoms with E-state index in [1.807, 2.05) is 12.3 Å². The lowest BCUT2D eigenvalue weighted by Crippen LogP contribution is -2.50. The number of nitrogens with two attached hydrogens (primary N) is 2. The Balaban J connectivity index is 1.63. The minimum atomic E-state index is -0.425. The Morgan fingerprint density at radius 2 is 2.06 bits per heavy atom. The number of aromatic nitrogens is 7. The second kappa shape index (κ2) is 6.82. The molecule has 1 aliphatic rings. The average Bonchev–Trinajstić information content (AvgIpc) is 3.43. The molecular formula is C20H22N10O. The Kier molecular flexibility index (Phi) is 4.19. The zero-order chi connectivity index (χ0) is 21.8. The number of aryl methyl sites for hydroxylation is 1. The maximum Gasteiger partial charge on any atom is 0.155 e. The van der Waals surface area contributed by atoms with E-state index >= 15 is 0 Å². The van der Waals surface area contributed by atoms with Crippen LogP contribution in [0.2, 0.25) is 0 Å². The first-order chi connectivity index (χ1) is 14.9. The SMILES string of the molecule is CO[C@H]1C[C@](CC#N)(n2cc(-c3nc(-c4cc(N)n(C)n4)cn4nccc34)c(N)n2)C1. The van der Waals surface area contributed by atoms with Crippen molar-refractivity contribution in [1.29, 1.82) is 5.26 Å². The summed E-state index contributed by atoms with van der Waals surface area (Å²) in [5.74, 6) is 0.869. The molecule has 4 aromatic rings. The van der Waals surface area contributed by atoms with E-state index in [2.05, 4.69) is 21.4 Å². The fraction of sp³-hybridized carbons (Fsp3) is 0.350. The molecule has 31 heavy (non-hydrogen) atoms. The van der Waals surface area contributed by atoms with Crippen LogP contribution in [0.3, 0.4) is 0 Å². The first kappa shape index (κ1) is 19.1. The van der Waals surface area contributed by atoms with Crippen LogP contribution in [0.5, 0.6) is 0 Å². The van der Waals surface area contributed by atoms with Crippen LogP contribution in [0.1, 0.15) is 19.3 Å². The molecule has 0 bridgehead atoms. The van der Waals surface area contributed by atoms with Crippen molar-refractivity contribution in [2.45, 2.75) is 30.9 Å². The zero-order valence-corrected chi connectivity index (χ0v) is 17.2. The number of ether oxygens (including phenoxy) is 1. The standard InChI is InChI=1S/C20H22N10O/c1-28-17(22)7-14(26-28)15-11-29-16(3-6-24-29)18(25-15)13-10-30(27-19(13)23)20(4-5-21)8-12(9-20)31-2/h3,6-7,10-12H,4,8-9,22H2,1-2H3,(H2,23,27)/t12-,20-. The van der Waals surface area contributed by atoms with E-state index in [-0.39, 0.29) is 6.10 Å². The largest absolute Gasteiger partial charge is 0.384 e. The predicted molar refractivity (Wildman–Crippen MR) is 113 cm³/mol. The first-order valence-electron chi connectivity index (χ1n) is 9.84. The van der Waals surface area contributed by atoms with Gasteiger partial charge >= 0.3 is 0 Å². The highest BCUT2D eigenvalue weighted by atomic mass is 16.5. The minimum Gasteiger partial charge on any atom is -0.384 e. The van der Waals surface area contributed by atoms with E-state index in [0.717, 1.165) is 5.52 Å². The highest BCUT2D eigenvalue weighted by Gasteiger charge is 2.47. The Bertz CT molecular complexity index is 1300. The quantitative estimate of drug-likeness (QED) is 0.496. The van der Waals surface area contributed by atoms with E-state index in [4.69, 9.17) is 21.2 Å². The third kappa shape index (κ3) is 2.91. The summed E-state index contributed by atoms with van der Waals surface area (Å²) in [4.78, 5) is 4.83. The lowest BCUT2D eigenvalue weighted by Gasteiger charge is -2.45. The number of hydrogen-bond acceptors (Lipinski definition) is 8. The van der Waals surface area contributed by atoms with Crippen LogP contribution in [-0.2, 0) is 17.3 Å². The molecule has 0 aromatic carbocycles. The van der Waals surface area contributed by atoms with Crippen molar-refractivity contribution in [1.82, 2.24) is 34.2 Å². The molecule has 0 radical (unpaired) electrons. The number of methoxy groups -OCH3 is 1. The summed E-state index contributed by atoms with van der Waals surface area (Å²) >= 11 is 0. The molecule has 4 aromatic heterocycles. The summed E-state index contributed by atoms with van der Waals surface area (Å²) in [5.41, 5.74) is 15.2. The van der Waals surface area contributed by atoms with Gasteiger partial charge in [0.2, 0.25) is 0 Å². The van der Waals surface area contributed by atoms with Crippen molar-refractivity contribution in [2.75, 3.05) is 18.6 Å². The minimum absolute atomic E-state index is 0.111. The molecule has 0 spiro atoms. The van der Waals surface area contributed by atoms with Gasteiger partial charge in [0.15, 0.2) is 5.82 Å². The molecule has 0 amide bonds. The molecule has 1 saturated carbocycles. The van der Waals surface area contributed by atoms with Gasteiger partial charge in [-0.05, 0) is 18.9 Å². The van der Waals surface area contributed by atoms with Crippen molar-refractivity contribution < 1.29 is 4.74 Å². The molecule has 1 fully saturated rings. The van der Waals surface area contributed by atoms with E-state index in [9.17, 15) is 5.26 Å². The molecule has 5 rings (SSSR count). The zero-order valence-electron chi connectivity index (χ0n) is 17.2. The van der Waals surface area contributed by atoms with Gasteiger partial charge in [-0.2, -0.15) is 20.6 Å². The van der Waals surface area contributed by atoms with Gasteiger partial charge in [0.25, 0.3) is 0 Å². The Morgan fingerprint density at radius 3 is 2.74 bits per heavy atom. The van der Waals surface area contributed by atoms with Gasteiger partial charge in [-0.1, -0.05) is 0 Å². The summed E-state index contributed by atoms with van der Waals surface area (Å²) < 4.78 is 10.6. The van der Waals surface area contributed by atoms with Crippen molar-refractivity contribution in [3.63, 3.8) is 0 Å². The van der Waals surface area contributed by atoms with Crippen LogP contribution in [0.15, 0.2) is 30.7 Å². The second-order valence-corrected chi connectivity index (χ2v) is 7.91. The summed E-state index contributed by atoms with van der Waals surface area (Å²) in [6.45, 7) is 0. The highest BCUT2D eigenvalue weighted by Crippen LogP contribution is 2.44. The van der Waals surface area contributed by atoms with Crippen LogP contribution in [-0.4, -0.2) is 47.4 Å². The Morgan fingerprint density at radius 1 is 1.26 bits per heavy atom. The Hall–Kier alpha value is -3.91. The third-order valence-electron chi connectivity index (χ3n) is 6.01. The number of nitriles is 1. The van der Waals surface area contributed by atoms with Gasteiger partial charge in [-0.3, -0.25) is 9.36 Å². The Labute approximate surface area is 177 Å². The van der Waals surface area contributed by atoms with Gasteiger partial charge < -0.3 is 16.2 Å². The number of hydrogen-bond donors (Lipinski definition) is 2. The van der Waals surface area contributed by atoms with Crippen LogP contribution in [0.4, 0.5) is 11.6 Å². The molecule has 11 nitrogen and oxygen atoms in total. The monoisotopic (exact) mass is 418 g/mol. The number of rotatable bonds is 5. The molecule has 0 saturated heterocycles. The predicted octanol–water partition coefficient (Wildman–Crippen LogP) is 1.58. The number of fused-ring (bicyclic) bond motifs is 1. The number of nitrogen functional groups attached to an aromatic ring is 2. The average molecular weight is 418 g/mol. The van der Waals surface area contributed by atoms with E-state index in [0.29, 0.717) is 53.5 Å². The fourth-order valence-electron chi connectivity index (χ4n) is 4.18. The van der Waals surface area contributed by atoms with Crippen LogP contribution in [0.25, 0.3) is 28.2 Å². The molecule has 0 atom stereocenters. The third-order valence-corrected chi connectivity index (χ3v) is 6.01. The van der Waals surface area contributed by atoms with Crippen LogP contribution in [0, 0.1) is 11.3 Å².